The van der Waals surface area contributed by atoms with Gasteiger partial charge in [0.25, 0.3) is 0 Å². The number of benzene rings is 1. The fourth-order valence-electron chi connectivity index (χ4n) is 2.94. The van der Waals surface area contributed by atoms with Crippen molar-refractivity contribution in [2.24, 2.45) is 5.92 Å². The standard InChI is InChI=1S/C19H21N3O4S/c1-2-26-17(24)10-14-11-27-19(20-14)22-16(23)8-7-13-9-12-5-3-4-6-15(12)21-18(13)25/h3-6,11,13H,2,7-10H2,1H3,(H,21,25)(H,20,22,23)/t13-/m1/s1. The van der Waals surface area contributed by atoms with Crippen LogP contribution >= 0.6 is 11.3 Å². The van der Waals surface area contributed by atoms with Crippen molar-refractivity contribution >= 4 is 39.9 Å². The summed E-state index contributed by atoms with van der Waals surface area (Å²) in [6.07, 6.45) is 1.41. The Kier molecular flexibility index (Phi) is 6.18. The van der Waals surface area contributed by atoms with Crippen LogP contribution in [-0.2, 0) is 32.0 Å². The number of nitrogens with one attached hydrogen (secondary N) is 2. The average Bonchev–Trinajstić information content (AvgIpc) is 3.06. The molecule has 1 aromatic carbocycles. The number of anilines is 2. The molecule has 3 rings (SSSR count). The van der Waals surface area contributed by atoms with Gasteiger partial charge >= 0.3 is 5.97 Å². The number of fused-ring (bicyclic) bond motifs is 1. The van der Waals surface area contributed by atoms with Gasteiger partial charge in [-0.25, -0.2) is 4.98 Å². The molecule has 0 radical (unpaired) electrons. The van der Waals surface area contributed by atoms with Crippen molar-refractivity contribution < 1.29 is 19.1 Å². The highest BCUT2D eigenvalue weighted by Crippen LogP contribution is 2.27. The molecule has 2 heterocycles. The van der Waals surface area contributed by atoms with E-state index < -0.39 is 0 Å². The first-order valence-electron chi connectivity index (χ1n) is 8.83. The van der Waals surface area contributed by atoms with Crippen molar-refractivity contribution in [3.63, 3.8) is 0 Å². The minimum atomic E-state index is -0.343. The normalized spacial score (nSPS) is 15.6. The van der Waals surface area contributed by atoms with Crippen LogP contribution in [0, 0.1) is 5.92 Å². The molecular formula is C19H21N3O4S. The SMILES string of the molecule is CCOC(=O)Cc1csc(NC(=O)CC[C@@H]2Cc3ccccc3NC2=O)n1. The van der Waals surface area contributed by atoms with Crippen LogP contribution in [0.25, 0.3) is 0 Å². The molecule has 2 aromatic rings. The second kappa shape index (κ2) is 8.77. The molecular weight excluding hydrogens is 366 g/mol. The molecule has 0 aliphatic carbocycles. The summed E-state index contributed by atoms with van der Waals surface area (Å²) < 4.78 is 4.88. The number of hydrogen-bond donors (Lipinski definition) is 2. The highest BCUT2D eigenvalue weighted by atomic mass is 32.1. The predicted octanol–water partition coefficient (Wildman–Crippen LogP) is 2.78. The fraction of sp³-hybridized carbons (Fsp3) is 0.368. The third kappa shape index (κ3) is 5.13. The zero-order chi connectivity index (χ0) is 19.2. The summed E-state index contributed by atoms with van der Waals surface area (Å²) in [6.45, 7) is 2.07. The Hall–Kier alpha value is -2.74. The maximum Gasteiger partial charge on any atom is 0.311 e. The van der Waals surface area contributed by atoms with E-state index in [1.165, 1.54) is 11.3 Å². The summed E-state index contributed by atoms with van der Waals surface area (Å²) in [4.78, 5) is 40.0. The molecule has 2 amide bonds. The number of carbonyl (C=O) groups is 3. The van der Waals surface area contributed by atoms with E-state index in [1.54, 1.807) is 12.3 Å². The molecule has 2 N–H and O–H groups in total. The Labute approximate surface area is 161 Å². The van der Waals surface area contributed by atoms with Gasteiger partial charge in [-0.05, 0) is 31.4 Å². The Balaban J connectivity index is 1.48. The fourth-order valence-corrected chi connectivity index (χ4v) is 3.67. The Morgan fingerprint density at radius 1 is 1.37 bits per heavy atom. The van der Waals surface area contributed by atoms with E-state index in [-0.39, 0.29) is 36.5 Å². The smallest absolute Gasteiger partial charge is 0.311 e. The van der Waals surface area contributed by atoms with Crippen LogP contribution in [0.2, 0.25) is 0 Å². The van der Waals surface area contributed by atoms with Gasteiger partial charge in [-0.3, -0.25) is 14.4 Å². The molecule has 0 fully saturated rings. The first-order chi connectivity index (χ1) is 13.0. The molecule has 0 spiro atoms. The van der Waals surface area contributed by atoms with Crippen molar-refractivity contribution in [3.8, 4) is 0 Å². The quantitative estimate of drug-likeness (QED) is 0.712. The molecule has 0 saturated carbocycles. The molecule has 1 aliphatic heterocycles. The number of rotatable bonds is 7. The second-order valence-electron chi connectivity index (χ2n) is 6.26. The summed E-state index contributed by atoms with van der Waals surface area (Å²) in [5.41, 5.74) is 2.50. The number of ether oxygens (including phenoxy) is 1. The lowest BCUT2D eigenvalue weighted by atomic mass is 9.89. The van der Waals surface area contributed by atoms with Crippen LogP contribution in [-0.4, -0.2) is 29.4 Å². The molecule has 142 valence electrons. The van der Waals surface area contributed by atoms with Crippen molar-refractivity contribution in [1.82, 2.24) is 4.98 Å². The van der Waals surface area contributed by atoms with Crippen LogP contribution in [0.15, 0.2) is 29.6 Å². The summed E-state index contributed by atoms with van der Waals surface area (Å²) in [5, 5.41) is 7.78. The van der Waals surface area contributed by atoms with Crippen molar-refractivity contribution in [1.29, 1.82) is 0 Å². The van der Waals surface area contributed by atoms with Gasteiger partial charge in [0.1, 0.15) is 0 Å². The van der Waals surface area contributed by atoms with Crippen LogP contribution in [0.5, 0.6) is 0 Å². The second-order valence-corrected chi connectivity index (χ2v) is 7.12. The lowest BCUT2D eigenvalue weighted by molar-refractivity contribution is -0.142. The number of esters is 1. The lowest BCUT2D eigenvalue weighted by Crippen LogP contribution is -2.30. The number of nitrogens with zero attached hydrogens (tertiary/aromatic N) is 1. The van der Waals surface area contributed by atoms with Gasteiger partial charge in [-0.15, -0.1) is 11.3 Å². The van der Waals surface area contributed by atoms with E-state index in [0.717, 1.165) is 11.3 Å². The predicted molar refractivity (Wildman–Crippen MR) is 103 cm³/mol. The minimum absolute atomic E-state index is 0.0486. The topological polar surface area (TPSA) is 97.4 Å². The van der Waals surface area contributed by atoms with E-state index in [4.69, 9.17) is 4.74 Å². The summed E-state index contributed by atoms with van der Waals surface area (Å²) >= 11 is 1.26. The zero-order valence-corrected chi connectivity index (χ0v) is 15.8. The number of amides is 2. The minimum Gasteiger partial charge on any atom is -0.466 e. The molecule has 0 unspecified atom stereocenters. The number of para-hydroxylation sites is 1. The van der Waals surface area contributed by atoms with Gasteiger partial charge in [0.05, 0.1) is 18.7 Å². The maximum atomic E-state index is 12.2. The van der Waals surface area contributed by atoms with E-state index in [1.807, 2.05) is 24.3 Å². The summed E-state index contributed by atoms with van der Waals surface area (Å²) in [5.74, 6) is -0.809. The van der Waals surface area contributed by atoms with Crippen molar-refractivity contribution in [2.45, 2.75) is 32.6 Å². The van der Waals surface area contributed by atoms with Crippen LogP contribution < -0.4 is 10.6 Å². The van der Waals surface area contributed by atoms with Crippen molar-refractivity contribution in [2.75, 3.05) is 17.2 Å². The van der Waals surface area contributed by atoms with Gasteiger partial charge in [0.15, 0.2) is 5.13 Å². The zero-order valence-electron chi connectivity index (χ0n) is 15.0. The number of hydrogen-bond acceptors (Lipinski definition) is 6. The Morgan fingerprint density at radius 2 is 2.19 bits per heavy atom. The van der Waals surface area contributed by atoms with Crippen molar-refractivity contribution in [3.05, 3.63) is 40.9 Å². The average molecular weight is 387 g/mol. The molecule has 27 heavy (non-hydrogen) atoms. The van der Waals surface area contributed by atoms with Gasteiger partial charge in [-0.2, -0.15) is 0 Å². The molecule has 0 bridgehead atoms. The van der Waals surface area contributed by atoms with Gasteiger partial charge < -0.3 is 15.4 Å². The van der Waals surface area contributed by atoms with Gasteiger partial charge in [-0.1, -0.05) is 18.2 Å². The number of carbonyl (C=O) groups excluding carboxylic acids is 3. The highest BCUT2D eigenvalue weighted by molar-refractivity contribution is 7.13. The highest BCUT2D eigenvalue weighted by Gasteiger charge is 2.26. The molecule has 0 saturated heterocycles. The molecule has 1 aliphatic rings. The summed E-state index contributed by atoms with van der Waals surface area (Å²) in [6, 6.07) is 7.70. The van der Waals surface area contributed by atoms with E-state index >= 15 is 0 Å². The number of aromatic nitrogens is 1. The largest absolute Gasteiger partial charge is 0.466 e. The first kappa shape index (κ1) is 19.0. The lowest BCUT2D eigenvalue weighted by Gasteiger charge is -2.24. The van der Waals surface area contributed by atoms with E-state index in [0.29, 0.717) is 30.3 Å². The Bertz CT molecular complexity index is 849. The third-order valence-corrected chi connectivity index (χ3v) is 5.07. The third-order valence-electron chi connectivity index (χ3n) is 4.26. The Morgan fingerprint density at radius 3 is 3.00 bits per heavy atom. The maximum absolute atomic E-state index is 12.2. The summed E-state index contributed by atoms with van der Waals surface area (Å²) in [7, 11) is 0. The monoisotopic (exact) mass is 387 g/mol. The van der Waals surface area contributed by atoms with Gasteiger partial charge in [0.2, 0.25) is 11.8 Å². The van der Waals surface area contributed by atoms with E-state index in [9.17, 15) is 14.4 Å². The van der Waals surface area contributed by atoms with Crippen LogP contribution in [0.1, 0.15) is 31.0 Å². The van der Waals surface area contributed by atoms with E-state index in [2.05, 4.69) is 15.6 Å². The molecule has 1 atom stereocenters. The van der Waals surface area contributed by atoms with Gasteiger partial charge in [0, 0.05) is 23.4 Å². The molecule has 7 nitrogen and oxygen atoms in total. The first-order valence-corrected chi connectivity index (χ1v) is 9.71. The number of thiazole rings is 1. The van der Waals surface area contributed by atoms with Crippen LogP contribution in [0.3, 0.4) is 0 Å². The van der Waals surface area contributed by atoms with Crippen LogP contribution in [0.4, 0.5) is 10.8 Å². The molecule has 1 aromatic heterocycles. The molecule has 8 heteroatoms.